The molecule has 4 rings (SSSR count). The van der Waals surface area contributed by atoms with Gasteiger partial charge in [0, 0.05) is 30.0 Å². The predicted molar refractivity (Wildman–Crippen MR) is 117 cm³/mol. The van der Waals surface area contributed by atoms with Crippen LogP contribution in [0.15, 0.2) is 48.5 Å². The van der Waals surface area contributed by atoms with Crippen molar-refractivity contribution in [2.24, 2.45) is 5.92 Å². The van der Waals surface area contributed by atoms with Gasteiger partial charge >= 0.3 is 0 Å². The molecule has 2 heterocycles. The molecular weight excluding hydrogens is 402 g/mol. The number of benzene rings is 2. The highest BCUT2D eigenvalue weighted by Gasteiger charge is 2.41. The highest BCUT2D eigenvalue weighted by Crippen LogP contribution is 2.28. The number of amides is 2. The minimum atomic E-state index is -3.65. The molecule has 8 heteroatoms. The van der Waals surface area contributed by atoms with Crippen LogP contribution in [-0.2, 0) is 14.8 Å². The number of nitrogens with one attached hydrogen (secondary N) is 1. The summed E-state index contributed by atoms with van der Waals surface area (Å²) in [4.78, 5) is 27.1. The number of anilines is 3. The largest absolute Gasteiger partial charge is 0.372 e. The lowest BCUT2D eigenvalue weighted by molar-refractivity contribution is -0.119. The van der Waals surface area contributed by atoms with Crippen molar-refractivity contribution in [3.05, 3.63) is 54.1 Å². The second kappa shape index (κ2) is 8.10. The van der Waals surface area contributed by atoms with E-state index in [1.165, 1.54) is 43.5 Å². The summed E-state index contributed by atoms with van der Waals surface area (Å²) >= 11 is 0. The number of piperidine rings is 1. The molecule has 2 aromatic carbocycles. The maximum absolute atomic E-state index is 12.6. The molecule has 30 heavy (non-hydrogen) atoms. The average Bonchev–Trinajstić information content (AvgIpc) is 2.95. The normalized spacial score (nSPS) is 21.0. The molecule has 1 N–H and O–H groups in total. The van der Waals surface area contributed by atoms with E-state index in [4.69, 9.17) is 0 Å². The first-order valence-corrected chi connectivity index (χ1v) is 11.8. The molecular formula is C22H25N3O4S. The molecule has 0 spiro atoms. The number of carbonyl (C=O) groups excluding carboxylic acids is 2. The van der Waals surface area contributed by atoms with Crippen LogP contribution in [0, 0.1) is 5.92 Å². The van der Waals surface area contributed by atoms with Crippen molar-refractivity contribution < 1.29 is 18.0 Å². The van der Waals surface area contributed by atoms with E-state index in [9.17, 15) is 18.0 Å². The van der Waals surface area contributed by atoms with E-state index in [1.807, 2.05) is 24.3 Å². The van der Waals surface area contributed by atoms with Gasteiger partial charge in [-0.2, -0.15) is 0 Å². The first kappa shape index (κ1) is 20.4. The zero-order valence-electron chi connectivity index (χ0n) is 16.9. The van der Waals surface area contributed by atoms with Crippen molar-refractivity contribution >= 4 is 38.9 Å². The van der Waals surface area contributed by atoms with Crippen molar-refractivity contribution in [1.82, 2.24) is 0 Å². The second-order valence-corrected chi connectivity index (χ2v) is 9.74. The van der Waals surface area contributed by atoms with Crippen LogP contribution in [0.4, 0.5) is 17.1 Å². The van der Waals surface area contributed by atoms with Crippen molar-refractivity contribution in [2.45, 2.75) is 26.2 Å². The standard InChI is InChI=1S/C22H25N3O4S/c1-16-15-30(28,29)25(22(16)27)20-9-5-17(6-10-20)21(26)23-18-7-11-19(12-8-18)24-13-3-2-4-14-24/h5-12,16H,2-4,13-15H2,1H3,(H,23,26). The van der Waals surface area contributed by atoms with E-state index in [0.717, 1.165) is 23.1 Å². The summed E-state index contributed by atoms with van der Waals surface area (Å²) in [6.07, 6.45) is 3.69. The number of nitrogens with zero attached hydrogens (tertiary/aromatic N) is 2. The summed E-state index contributed by atoms with van der Waals surface area (Å²) in [7, 11) is -3.65. The summed E-state index contributed by atoms with van der Waals surface area (Å²) < 4.78 is 25.2. The summed E-state index contributed by atoms with van der Waals surface area (Å²) in [6, 6.07) is 13.8. The topological polar surface area (TPSA) is 86.8 Å². The van der Waals surface area contributed by atoms with Gasteiger partial charge in [0.05, 0.1) is 17.4 Å². The van der Waals surface area contributed by atoms with Crippen LogP contribution >= 0.6 is 0 Å². The number of hydrogen-bond donors (Lipinski definition) is 1. The van der Waals surface area contributed by atoms with Gasteiger partial charge in [-0.05, 0) is 67.8 Å². The van der Waals surface area contributed by atoms with Gasteiger partial charge in [-0.3, -0.25) is 9.59 Å². The third kappa shape index (κ3) is 4.05. The Morgan fingerprint density at radius 1 is 0.933 bits per heavy atom. The van der Waals surface area contributed by atoms with Crippen LogP contribution in [0.2, 0.25) is 0 Å². The molecule has 2 amide bonds. The van der Waals surface area contributed by atoms with Gasteiger partial charge < -0.3 is 10.2 Å². The molecule has 2 aliphatic rings. The van der Waals surface area contributed by atoms with E-state index >= 15 is 0 Å². The van der Waals surface area contributed by atoms with Crippen molar-refractivity contribution in [1.29, 1.82) is 0 Å². The first-order valence-electron chi connectivity index (χ1n) is 10.2. The molecule has 2 saturated heterocycles. The number of carbonyl (C=O) groups is 2. The molecule has 2 fully saturated rings. The minimum Gasteiger partial charge on any atom is -0.372 e. The smallest absolute Gasteiger partial charge is 0.255 e. The first-order chi connectivity index (χ1) is 14.3. The fraction of sp³-hybridized carbons (Fsp3) is 0.364. The molecule has 0 aromatic heterocycles. The number of hydrogen-bond acceptors (Lipinski definition) is 5. The van der Waals surface area contributed by atoms with Gasteiger partial charge in [0.2, 0.25) is 15.9 Å². The highest BCUT2D eigenvalue weighted by molar-refractivity contribution is 7.94. The molecule has 1 atom stereocenters. The van der Waals surface area contributed by atoms with Gasteiger partial charge in [0.1, 0.15) is 0 Å². The maximum Gasteiger partial charge on any atom is 0.255 e. The summed E-state index contributed by atoms with van der Waals surface area (Å²) in [5, 5.41) is 2.85. The Morgan fingerprint density at radius 2 is 1.53 bits per heavy atom. The SMILES string of the molecule is CC1CS(=O)(=O)N(c2ccc(C(=O)Nc3ccc(N4CCCCC4)cc3)cc2)C1=O. The zero-order chi connectivity index (χ0) is 21.3. The lowest BCUT2D eigenvalue weighted by Gasteiger charge is -2.28. The maximum atomic E-state index is 12.6. The van der Waals surface area contributed by atoms with Crippen molar-refractivity contribution in [3.63, 3.8) is 0 Å². The fourth-order valence-electron chi connectivity index (χ4n) is 3.95. The third-order valence-electron chi connectivity index (χ3n) is 5.57. The molecule has 2 aromatic rings. The van der Waals surface area contributed by atoms with E-state index in [1.54, 1.807) is 6.92 Å². The highest BCUT2D eigenvalue weighted by atomic mass is 32.2. The van der Waals surface area contributed by atoms with Crippen molar-refractivity contribution in [3.8, 4) is 0 Å². The van der Waals surface area contributed by atoms with E-state index in [2.05, 4.69) is 10.2 Å². The lowest BCUT2D eigenvalue weighted by atomic mass is 10.1. The quantitative estimate of drug-likeness (QED) is 0.809. The van der Waals surface area contributed by atoms with E-state index in [-0.39, 0.29) is 17.3 Å². The van der Waals surface area contributed by atoms with Crippen molar-refractivity contribution in [2.75, 3.05) is 33.4 Å². The molecule has 7 nitrogen and oxygen atoms in total. The van der Waals surface area contributed by atoms with Gasteiger partial charge in [0.25, 0.3) is 5.91 Å². The monoisotopic (exact) mass is 427 g/mol. The summed E-state index contributed by atoms with van der Waals surface area (Å²) in [6.45, 7) is 3.72. The molecule has 0 bridgehead atoms. The second-order valence-electron chi connectivity index (χ2n) is 7.88. The zero-order valence-corrected chi connectivity index (χ0v) is 17.7. The predicted octanol–water partition coefficient (Wildman–Crippen LogP) is 3.24. The van der Waals surface area contributed by atoms with Crippen LogP contribution in [-0.4, -0.2) is 39.1 Å². The Hall–Kier alpha value is -2.87. The van der Waals surface area contributed by atoms with Gasteiger partial charge in [-0.25, -0.2) is 12.7 Å². The van der Waals surface area contributed by atoms with Crippen LogP contribution in [0.25, 0.3) is 0 Å². The number of sulfonamides is 1. The van der Waals surface area contributed by atoms with E-state index in [0.29, 0.717) is 11.3 Å². The Kier molecular flexibility index (Phi) is 5.51. The van der Waals surface area contributed by atoms with Crippen LogP contribution in [0.3, 0.4) is 0 Å². The van der Waals surface area contributed by atoms with E-state index < -0.39 is 21.8 Å². The van der Waals surface area contributed by atoms with Crippen LogP contribution < -0.4 is 14.5 Å². The molecule has 0 saturated carbocycles. The van der Waals surface area contributed by atoms with Gasteiger partial charge in [-0.15, -0.1) is 0 Å². The molecule has 0 radical (unpaired) electrons. The Bertz CT molecular complexity index is 1040. The Balaban J connectivity index is 1.43. The third-order valence-corrected chi connectivity index (χ3v) is 7.44. The lowest BCUT2D eigenvalue weighted by Crippen LogP contribution is -2.30. The molecule has 1 unspecified atom stereocenters. The van der Waals surface area contributed by atoms with Gasteiger partial charge in [-0.1, -0.05) is 6.92 Å². The minimum absolute atomic E-state index is 0.193. The Labute approximate surface area is 176 Å². The van der Waals surface area contributed by atoms with Crippen LogP contribution in [0.5, 0.6) is 0 Å². The summed E-state index contributed by atoms with van der Waals surface area (Å²) in [5.41, 5.74) is 2.49. The Morgan fingerprint density at radius 3 is 2.10 bits per heavy atom. The molecule has 2 aliphatic heterocycles. The molecule has 158 valence electrons. The van der Waals surface area contributed by atoms with Gasteiger partial charge in [0.15, 0.2) is 0 Å². The average molecular weight is 428 g/mol. The number of rotatable bonds is 4. The van der Waals surface area contributed by atoms with Crippen LogP contribution in [0.1, 0.15) is 36.5 Å². The molecule has 0 aliphatic carbocycles. The summed E-state index contributed by atoms with van der Waals surface area (Å²) in [5.74, 6) is -1.50. The fourth-order valence-corrected chi connectivity index (χ4v) is 5.77.